The molecule has 0 spiro atoms. The van der Waals surface area contributed by atoms with E-state index < -0.39 is 12.0 Å². The third kappa shape index (κ3) is 4.54. The fourth-order valence-electron chi connectivity index (χ4n) is 4.22. The predicted octanol–water partition coefficient (Wildman–Crippen LogP) is 3.13. The smallest absolute Gasteiger partial charge is 0.338 e. The molecular formula is C27H28N2O6S. The minimum absolute atomic E-state index is 0.192. The number of fused-ring (bicyclic) bond motifs is 1. The van der Waals surface area contributed by atoms with Crippen LogP contribution >= 0.6 is 11.3 Å². The first-order valence-electron chi connectivity index (χ1n) is 11.4. The molecule has 0 fully saturated rings. The van der Waals surface area contributed by atoms with E-state index in [1.165, 1.54) is 15.9 Å². The monoisotopic (exact) mass is 508 g/mol. The molecule has 188 valence electrons. The first-order valence-corrected chi connectivity index (χ1v) is 12.2. The first-order chi connectivity index (χ1) is 17.3. The van der Waals surface area contributed by atoms with Crippen molar-refractivity contribution in [3.05, 3.63) is 84.0 Å². The van der Waals surface area contributed by atoms with E-state index in [2.05, 4.69) is 4.99 Å². The third-order valence-electron chi connectivity index (χ3n) is 5.98. The maximum absolute atomic E-state index is 13.8. The summed E-state index contributed by atoms with van der Waals surface area (Å²) in [6.45, 7) is 5.63. The van der Waals surface area contributed by atoms with Crippen LogP contribution in [0.3, 0.4) is 0 Å². The lowest BCUT2D eigenvalue weighted by atomic mass is 9.94. The zero-order valence-electron chi connectivity index (χ0n) is 21.1. The maximum Gasteiger partial charge on any atom is 0.338 e. The molecule has 0 radical (unpaired) electrons. The SMILES string of the molecule is CCOC(=O)C1=C(C)N=c2s/c(=C/c3ccc(C)c(OC)c3)c(=O)n2[C@@H]1c1cc(OC)ccc1OC. The minimum Gasteiger partial charge on any atom is -0.497 e. The number of carbonyl (C=O) groups is 1. The number of hydrogen-bond donors (Lipinski definition) is 0. The lowest BCUT2D eigenvalue weighted by Crippen LogP contribution is -2.40. The van der Waals surface area contributed by atoms with Crippen molar-refractivity contribution in [1.82, 2.24) is 4.57 Å². The molecule has 36 heavy (non-hydrogen) atoms. The standard InChI is InChI=1S/C27H28N2O6S/c1-7-35-26(31)23-16(3)28-27-29(24(23)19-14-18(32-4)10-11-20(19)33-5)25(30)22(36-27)13-17-9-8-15(2)21(12-17)34-6/h8-14,24H,7H2,1-6H3/b22-13+/t24-/m1/s1. The molecule has 0 saturated carbocycles. The van der Waals surface area contributed by atoms with Gasteiger partial charge in [-0.15, -0.1) is 0 Å². The van der Waals surface area contributed by atoms with Gasteiger partial charge in [0.15, 0.2) is 4.80 Å². The number of hydrogen-bond acceptors (Lipinski definition) is 8. The van der Waals surface area contributed by atoms with Crippen molar-refractivity contribution in [2.24, 2.45) is 4.99 Å². The van der Waals surface area contributed by atoms with Crippen molar-refractivity contribution in [2.75, 3.05) is 27.9 Å². The molecule has 0 saturated heterocycles. The highest BCUT2D eigenvalue weighted by atomic mass is 32.1. The molecule has 0 aliphatic carbocycles. The number of carbonyl (C=O) groups excluding carboxylic acids is 1. The highest BCUT2D eigenvalue weighted by Crippen LogP contribution is 2.37. The highest BCUT2D eigenvalue weighted by molar-refractivity contribution is 7.07. The second-order valence-electron chi connectivity index (χ2n) is 8.14. The number of benzene rings is 2. The van der Waals surface area contributed by atoms with E-state index >= 15 is 0 Å². The van der Waals surface area contributed by atoms with Gasteiger partial charge in [-0.1, -0.05) is 23.5 Å². The van der Waals surface area contributed by atoms with Crippen LogP contribution in [-0.4, -0.2) is 38.5 Å². The molecule has 0 bridgehead atoms. The van der Waals surface area contributed by atoms with Crippen LogP contribution < -0.4 is 29.1 Å². The van der Waals surface area contributed by atoms with Crippen LogP contribution in [0.5, 0.6) is 17.2 Å². The molecule has 1 atom stereocenters. The van der Waals surface area contributed by atoms with Crippen molar-refractivity contribution in [3.8, 4) is 17.2 Å². The van der Waals surface area contributed by atoms with E-state index in [4.69, 9.17) is 18.9 Å². The molecule has 1 aliphatic rings. The zero-order chi connectivity index (χ0) is 26.0. The number of aryl methyl sites for hydroxylation is 1. The molecule has 1 aliphatic heterocycles. The average Bonchev–Trinajstić information content (AvgIpc) is 3.18. The van der Waals surface area contributed by atoms with Crippen LogP contribution in [0.1, 0.15) is 36.6 Å². The van der Waals surface area contributed by atoms with Crippen LogP contribution in [0.2, 0.25) is 0 Å². The van der Waals surface area contributed by atoms with Crippen molar-refractivity contribution >= 4 is 23.4 Å². The number of allylic oxidation sites excluding steroid dienone is 1. The van der Waals surface area contributed by atoms with Gasteiger partial charge in [0, 0.05) is 5.56 Å². The summed E-state index contributed by atoms with van der Waals surface area (Å²) in [6, 6.07) is 10.2. The maximum atomic E-state index is 13.8. The molecular weight excluding hydrogens is 480 g/mol. The highest BCUT2D eigenvalue weighted by Gasteiger charge is 2.35. The molecule has 2 aromatic carbocycles. The largest absolute Gasteiger partial charge is 0.497 e. The van der Waals surface area contributed by atoms with E-state index in [9.17, 15) is 9.59 Å². The molecule has 1 aromatic heterocycles. The fourth-order valence-corrected chi connectivity index (χ4v) is 5.26. The Morgan fingerprint density at radius 2 is 1.81 bits per heavy atom. The fraction of sp³-hybridized carbons (Fsp3) is 0.296. The summed E-state index contributed by atoms with van der Waals surface area (Å²) in [5.41, 5.74) is 2.89. The number of thiazole rings is 1. The van der Waals surface area contributed by atoms with Crippen LogP contribution in [0, 0.1) is 6.92 Å². The molecule has 4 rings (SSSR count). The van der Waals surface area contributed by atoms with Gasteiger partial charge in [0.2, 0.25) is 0 Å². The van der Waals surface area contributed by atoms with Gasteiger partial charge in [-0.05, 0) is 62.2 Å². The van der Waals surface area contributed by atoms with Gasteiger partial charge in [0.1, 0.15) is 23.3 Å². The molecule has 8 nitrogen and oxygen atoms in total. The van der Waals surface area contributed by atoms with Crippen molar-refractivity contribution in [3.63, 3.8) is 0 Å². The molecule has 0 unspecified atom stereocenters. The molecule has 9 heteroatoms. The second kappa shape index (κ2) is 10.4. The summed E-state index contributed by atoms with van der Waals surface area (Å²) < 4.78 is 23.9. The van der Waals surface area contributed by atoms with Gasteiger partial charge in [-0.2, -0.15) is 0 Å². The van der Waals surface area contributed by atoms with Crippen molar-refractivity contribution in [2.45, 2.75) is 26.8 Å². The number of aromatic nitrogens is 1. The minimum atomic E-state index is -0.806. The topological polar surface area (TPSA) is 88.4 Å². The van der Waals surface area contributed by atoms with E-state index in [1.807, 2.05) is 25.1 Å². The van der Waals surface area contributed by atoms with E-state index in [0.29, 0.717) is 32.1 Å². The average molecular weight is 509 g/mol. The number of ether oxygens (including phenoxy) is 4. The Labute approximate surface area is 212 Å². The van der Waals surface area contributed by atoms with E-state index in [1.54, 1.807) is 59.5 Å². The summed E-state index contributed by atoms with van der Waals surface area (Å²) in [5.74, 6) is 1.27. The third-order valence-corrected chi connectivity index (χ3v) is 6.96. The van der Waals surface area contributed by atoms with Gasteiger partial charge < -0.3 is 18.9 Å². The predicted molar refractivity (Wildman–Crippen MR) is 138 cm³/mol. The van der Waals surface area contributed by atoms with Crippen molar-refractivity contribution in [1.29, 1.82) is 0 Å². The lowest BCUT2D eigenvalue weighted by molar-refractivity contribution is -0.139. The quantitative estimate of drug-likeness (QED) is 0.456. The second-order valence-corrected chi connectivity index (χ2v) is 9.15. The Kier molecular flexibility index (Phi) is 7.30. The van der Waals surface area contributed by atoms with Gasteiger partial charge in [-0.25, -0.2) is 9.79 Å². The summed E-state index contributed by atoms with van der Waals surface area (Å²) in [6.07, 6.45) is 1.80. The normalized spacial score (nSPS) is 15.3. The van der Waals surface area contributed by atoms with Crippen molar-refractivity contribution < 1.29 is 23.7 Å². The number of esters is 1. The zero-order valence-corrected chi connectivity index (χ0v) is 21.9. The number of methoxy groups -OCH3 is 3. The number of nitrogens with zero attached hydrogens (tertiary/aromatic N) is 2. The molecule has 2 heterocycles. The Morgan fingerprint density at radius 3 is 2.47 bits per heavy atom. The molecule has 0 amide bonds. The van der Waals surface area contributed by atoms with Gasteiger partial charge >= 0.3 is 5.97 Å². The Hall–Kier alpha value is -3.85. The molecule has 0 N–H and O–H groups in total. The summed E-state index contributed by atoms with van der Waals surface area (Å²) in [7, 11) is 4.71. The lowest BCUT2D eigenvalue weighted by Gasteiger charge is -2.26. The summed E-state index contributed by atoms with van der Waals surface area (Å²) >= 11 is 1.26. The van der Waals surface area contributed by atoms with Gasteiger partial charge in [-0.3, -0.25) is 9.36 Å². The number of rotatable bonds is 7. The van der Waals surface area contributed by atoms with Gasteiger partial charge in [0.05, 0.1) is 43.7 Å². The molecule has 3 aromatic rings. The summed E-state index contributed by atoms with van der Waals surface area (Å²) in [5, 5.41) is 0. The first kappa shape index (κ1) is 25.2. The van der Waals surface area contributed by atoms with Crippen LogP contribution in [0.4, 0.5) is 0 Å². The Morgan fingerprint density at radius 1 is 1.06 bits per heavy atom. The van der Waals surface area contributed by atoms with Crippen LogP contribution in [-0.2, 0) is 9.53 Å². The summed E-state index contributed by atoms with van der Waals surface area (Å²) in [4.78, 5) is 32.0. The van der Waals surface area contributed by atoms with E-state index in [-0.39, 0.29) is 17.7 Å². The van der Waals surface area contributed by atoms with E-state index in [0.717, 1.165) is 16.9 Å². The Balaban J connectivity index is 2.00. The van der Waals surface area contributed by atoms with Crippen LogP contribution in [0.25, 0.3) is 6.08 Å². The van der Waals surface area contributed by atoms with Crippen LogP contribution in [0.15, 0.2) is 57.5 Å². The Bertz CT molecular complexity index is 1530. The van der Waals surface area contributed by atoms with Gasteiger partial charge in [0.25, 0.3) is 5.56 Å².